The van der Waals surface area contributed by atoms with Crippen LogP contribution >= 0.6 is 35.1 Å². The molecule has 1 saturated heterocycles. The summed E-state index contributed by atoms with van der Waals surface area (Å²) in [6.45, 7) is 1.08. The Morgan fingerprint density at radius 1 is 1.40 bits per heavy atom. The molecule has 0 atom stereocenters. The quantitative estimate of drug-likeness (QED) is 0.503. The average Bonchev–Trinajstić information content (AvgIpc) is 2.62. The van der Waals surface area contributed by atoms with Crippen LogP contribution in [-0.4, -0.2) is 17.8 Å². The zero-order valence-electron chi connectivity index (χ0n) is 7.80. The molecule has 1 heterocycles. The van der Waals surface area contributed by atoms with Gasteiger partial charge in [-0.05, 0) is 6.42 Å². The summed E-state index contributed by atoms with van der Waals surface area (Å²) >= 11 is 13.5. The van der Waals surface area contributed by atoms with Crippen LogP contribution in [0.5, 0.6) is 0 Å². The summed E-state index contributed by atoms with van der Waals surface area (Å²) in [7, 11) is 0. The molecular weight excluding hydrogens is 425 g/mol. The van der Waals surface area contributed by atoms with Crippen LogP contribution in [0.2, 0.25) is 10.0 Å². The minimum Gasteiger partial charge on any atom is -0.412 e. The minimum absolute atomic E-state index is 0. The van der Waals surface area contributed by atoms with Gasteiger partial charge in [0, 0.05) is 33.4 Å². The smallest absolute Gasteiger partial charge is 0.0174 e. The number of hydrogen-bond donors (Lipinski definition) is 0. The van der Waals surface area contributed by atoms with Gasteiger partial charge in [-0.15, -0.1) is 17.7 Å². The molecule has 0 bridgehead atoms. The summed E-state index contributed by atoms with van der Waals surface area (Å²) in [5.74, 6) is 1.18. The fourth-order valence-corrected chi connectivity index (χ4v) is 2.50. The Morgan fingerprint density at radius 3 is 2.67 bits per heavy atom. The van der Waals surface area contributed by atoms with Crippen molar-refractivity contribution in [3.05, 3.63) is 28.2 Å². The number of benzene rings is 1. The molecule has 1 aliphatic heterocycles. The van der Waals surface area contributed by atoms with Crippen LogP contribution in [0.4, 0.5) is 5.69 Å². The van der Waals surface area contributed by atoms with Crippen LogP contribution in [0.25, 0.3) is 0 Å². The molecule has 0 aliphatic carbocycles. The normalized spacial score (nSPS) is 14.4. The van der Waals surface area contributed by atoms with Gasteiger partial charge in [0.05, 0.1) is 0 Å². The van der Waals surface area contributed by atoms with Crippen molar-refractivity contribution >= 4 is 40.8 Å². The van der Waals surface area contributed by atoms with Crippen LogP contribution in [0, 0.1) is 6.07 Å². The van der Waals surface area contributed by atoms with Crippen LogP contribution in [-0.2, 0) is 21.1 Å². The Kier molecular flexibility index (Phi) is 7.31. The van der Waals surface area contributed by atoms with Gasteiger partial charge in [-0.1, -0.05) is 27.7 Å². The van der Waals surface area contributed by atoms with Gasteiger partial charge in [0.25, 0.3) is 0 Å². The molecule has 0 aromatic heterocycles. The van der Waals surface area contributed by atoms with E-state index in [1.807, 2.05) is 24.1 Å². The molecule has 2 nitrogen and oxygen atoms in total. The third kappa shape index (κ3) is 3.83. The largest absolute Gasteiger partial charge is 0.412 e. The van der Waals surface area contributed by atoms with Crippen molar-refractivity contribution in [3.63, 3.8) is 0 Å². The molecule has 0 saturated carbocycles. The molecule has 15 heavy (non-hydrogen) atoms. The number of rotatable bonds is 1. The first-order valence-electron chi connectivity index (χ1n) is 4.04. The molecule has 2 rings (SSSR count). The summed E-state index contributed by atoms with van der Waals surface area (Å²) in [4.78, 5) is 0. The van der Waals surface area contributed by atoms with Gasteiger partial charge in [0.2, 0.25) is 0 Å². The van der Waals surface area contributed by atoms with Gasteiger partial charge in [-0.25, -0.2) is 0 Å². The first-order chi connectivity index (χ1) is 6.27. The van der Waals surface area contributed by atoms with E-state index in [0.29, 0.717) is 10.0 Å². The molecule has 1 aliphatic rings. The molecule has 0 unspecified atom stereocenters. The zero-order valence-corrected chi connectivity index (χ0v) is 13.1. The second-order valence-electron chi connectivity index (χ2n) is 2.81. The standard InChI is InChI=1S/C9H8Cl2NS.H2O.W/c10-8-3-2-7(6-9(8)11)12-4-1-5-13-12;;/h2,6H,1,4-5H2;1H2;/q-1;;. The summed E-state index contributed by atoms with van der Waals surface area (Å²) in [6, 6.07) is 6.69. The molecule has 1 fully saturated rings. The third-order valence-corrected chi connectivity index (χ3v) is 3.76. The van der Waals surface area contributed by atoms with E-state index in [-0.39, 0.29) is 26.5 Å². The molecule has 1 aromatic carbocycles. The van der Waals surface area contributed by atoms with Crippen molar-refractivity contribution < 1.29 is 26.5 Å². The molecule has 84 valence electrons. The summed E-state index contributed by atoms with van der Waals surface area (Å²) < 4.78 is 2.22. The van der Waals surface area contributed by atoms with Crippen molar-refractivity contribution in [3.8, 4) is 0 Å². The predicted octanol–water partition coefficient (Wildman–Crippen LogP) is 2.82. The van der Waals surface area contributed by atoms with Gasteiger partial charge in [0.1, 0.15) is 0 Å². The SMILES string of the molecule is Clc1[c-]cc(N2CCCS2)cc1Cl.O.[W]. The van der Waals surface area contributed by atoms with Gasteiger partial charge < -0.3 is 9.78 Å². The zero-order chi connectivity index (χ0) is 9.26. The molecule has 0 amide bonds. The van der Waals surface area contributed by atoms with Crippen LogP contribution in [0.3, 0.4) is 0 Å². The van der Waals surface area contributed by atoms with E-state index in [1.165, 1.54) is 12.2 Å². The van der Waals surface area contributed by atoms with E-state index in [4.69, 9.17) is 23.2 Å². The Labute approximate surface area is 118 Å². The number of halogens is 2. The van der Waals surface area contributed by atoms with Crippen molar-refractivity contribution in [1.29, 1.82) is 0 Å². The number of anilines is 1. The monoisotopic (exact) mass is 434 g/mol. The van der Waals surface area contributed by atoms with E-state index in [2.05, 4.69) is 10.4 Å². The molecule has 2 N–H and O–H groups in total. The summed E-state index contributed by atoms with van der Waals surface area (Å²) in [5.41, 5.74) is 1.09. The van der Waals surface area contributed by atoms with Crippen LogP contribution in [0.1, 0.15) is 6.42 Å². The number of hydrogen-bond acceptors (Lipinski definition) is 2. The second kappa shape index (κ2) is 7.03. The Hall–Kier alpha value is 0.598. The molecule has 6 heteroatoms. The Morgan fingerprint density at radius 2 is 2.13 bits per heavy atom. The van der Waals surface area contributed by atoms with E-state index in [9.17, 15) is 0 Å². The van der Waals surface area contributed by atoms with Crippen molar-refractivity contribution in [2.75, 3.05) is 16.6 Å². The van der Waals surface area contributed by atoms with Crippen LogP contribution in [0.15, 0.2) is 12.1 Å². The van der Waals surface area contributed by atoms with Crippen molar-refractivity contribution in [1.82, 2.24) is 0 Å². The van der Waals surface area contributed by atoms with Gasteiger partial charge in [0.15, 0.2) is 0 Å². The molecular formula is C9H10Cl2NOSW-. The topological polar surface area (TPSA) is 34.7 Å². The van der Waals surface area contributed by atoms with E-state index in [0.717, 1.165) is 12.2 Å². The maximum atomic E-state index is 5.89. The predicted molar refractivity (Wildman–Crippen MR) is 63.3 cm³/mol. The maximum absolute atomic E-state index is 5.89. The minimum atomic E-state index is 0. The fourth-order valence-electron chi connectivity index (χ4n) is 1.24. The van der Waals surface area contributed by atoms with E-state index < -0.39 is 0 Å². The van der Waals surface area contributed by atoms with Gasteiger partial charge in [-0.3, -0.25) is 0 Å². The molecule has 0 spiro atoms. The molecule has 0 radical (unpaired) electrons. The first kappa shape index (κ1) is 15.6. The van der Waals surface area contributed by atoms with Crippen molar-refractivity contribution in [2.45, 2.75) is 6.42 Å². The van der Waals surface area contributed by atoms with Gasteiger partial charge >= 0.3 is 0 Å². The van der Waals surface area contributed by atoms with Crippen LogP contribution < -0.4 is 4.31 Å². The van der Waals surface area contributed by atoms with E-state index >= 15 is 0 Å². The third-order valence-electron chi connectivity index (χ3n) is 1.87. The summed E-state index contributed by atoms with van der Waals surface area (Å²) in [6.07, 6.45) is 1.23. The Bertz CT molecular complexity index is 321. The first-order valence-corrected chi connectivity index (χ1v) is 5.74. The Balaban J connectivity index is 0.000000980. The fraction of sp³-hybridized carbons (Fsp3) is 0.333. The number of nitrogens with zero attached hydrogens (tertiary/aromatic N) is 1. The van der Waals surface area contributed by atoms with E-state index in [1.54, 1.807) is 0 Å². The van der Waals surface area contributed by atoms with Crippen molar-refractivity contribution in [2.24, 2.45) is 0 Å². The average molecular weight is 435 g/mol. The summed E-state index contributed by atoms with van der Waals surface area (Å²) in [5, 5.41) is 1.07. The van der Waals surface area contributed by atoms with Gasteiger partial charge in [-0.2, -0.15) is 23.7 Å². The maximum Gasteiger partial charge on any atom is 0.0174 e. The molecule has 1 aromatic rings. The second-order valence-corrected chi connectivity index (χ2v) is 4.70.